The molecule has 0 radical (unpaired) electrons. The predicted octanol–water partition coefficient (Wildman–Crippen LogP) is 4.80. The molecule has 3 nitrogen and oxygen atoms in total. The van der Waals surface area contributed by atoms with Gasteiger partial charge in [0, 0.05) is 31.7 Å². The normalized spacial score (nSPS) is 16.4. The van der Waals surface area contributed by atoms with Crippen molar-refractivity contribution in [2.75, 3.05) is 13.1 Å². The molecule has 0 bridgehead atoms. The largest absolute Gasteiger partial charge is 0.508 e. The summed E-state index contributed by atoms with van der Waals surface area (Å²) in [5.74, 6) is 0.375. The maximum Gasteiger partial charge on any atom is 0.121 e. The molecule has 0 amide bonds. The van der Waals surface area contributed by atoms with Crippen molar-refractivity contribution in [3.05, 3.63) is 102 Å². The summed E-state index contributed by atoms with van der Waals surface area (Å²) in [5, 5.41) is 10.6. The lowest BCUT2D eigenvalue weighted by Gasteiger charge is -2.44. The van der Waals surface area contributed by atoms with Crippen LogP contribution in [-0.4, -0.2) is 28.0 Å². The van der Waals surface area contributed by atoms with Crippen LogP contribution < -0.4 is 0 Å². The Morgan fingerprint density at radius 3 is 1.67 bits per heavy atom. The number of phenols is 1. The van der Waals surface area contributed by atoms with Gasteiger partial charge in [-0.25, -0.2) is 0 Å². The molecule has 0 aliphatic carbocycles. The minimum absolute atomic E-state index is 0.0698. The average Bonchev–Trinajstić information content (AvgIpc) is 2.71. The van der Waals surface area contributed by atoms with Gasteiger partial charge in [-0.15, -0.1) is 0 Å². The van der Waals surface area contributed by atoms with Crippen LogP contribution in [-0.2, 0) is 13.1 Å². The Hall–Kier alpha value is -2.62. The molecule has 0 unspecified atom stereocenters. The molecule has 0 atom stereocenters. The Labute approximate surface area is 161 Å². The first kappa shape index (κ1) is 17.8. The van der Waals surface area contributed by atoms with E-state index in [9.17, 15) is 5.11 Å². The second-order valence-corrected chi connectivity index (χ2v) is 7.20. The molecule has 1 saturated heterocycles. The molecule has 3 aromatic carbocycles. The Balaban J connectivity index is 1.66. The molecular weight excluding hydrogens is 332 g/mol. The Morgan fingerprint density at radius 1 is 0.667 bits per heavy atom. The third-order valence-electron chi connectivity index (χ3n) is 5.25. The van der Waals surface area contributed by atoms with Crippen molar-refractivity contribution in [2.24, 2.45) is 0 Å². The fourth-order valence-electron chi connectivity index (χ4n) is 4.02. The van der Waals surface area contributed by atoms with E-state index >= 15 is 0 Å². The highest BCUT2D eigenvalue weighted by atomic mass is 16.3. The average molecular weight is 358 g/mol. The maximum absolute atomic E-state index is 10.6. The molecule has 0 spiro atoms. The summed E-state index contributed by atoms with van der Waals surface area (Å²) in [5.41, 5.74) is 3.60. The summed E-state index contributed by atoms with van der Waals surface area (Å²) >= 11 is 0. The number of benzene rings is 3. The van der Waals surface area contributed by atoms with Crippen molar-refractivity contribution in [3.63, 3.8) is 0 Å². The van der Waals surface area contributed by atoms with Crippen LogP contribution in [0, 0.1) is 0 Å². The van der Waals surface area contributed by atoms with Crippen LogP contribution in [0.2, 0.25) is 0 Å². The highest BCUT2D eigenvalue weighted by Crippen LogP contribution is 2.36. The first-order valence-corrected chi connectivity index (χ1v) is 9.65. The molecule has 1 aliphatic rings. The predicted molar refractivity (Wildman–Crippen MR) is 109 cm³/mol. The van der Waals surface area contributed by atoms with Gasteiger partial charge in [-0.3, -0.25) is 9.80 Å². The van der Waals surface area contributed by atoms with E-state index in [-0.39, 0.29) is 6.17 Å². The number of phenolic OH excluding ortho intramolecular Hbond substituents is 1. The van der Waals surface area contributed by atoms with Crippen molar-refractivity contribution in [1.82, 2.24) is 9.80 Å². The molecule has 0 aromatic heterocycles. The molecule has 0 saturated carbocycles. The number of nitrogens with zero attached hydrogens (tertiary/aromatic N) is 2. The minimum Gasteiger partial charge on any atom is -0.508 e. The molecule has 1 N–H and O–H groups in total. The molecule has 138 valence electrons. The zero-order valence-electron chi connectivity index (χ0n) is 15.5. The second kappa shape index (κ2) is 8.38. The van der Waals surface area contributed by atoms with E-state index in [4.69, 9.17) is 0 Å². The SMILES string of the molecule is Oc1ccccc1C1N(Cc2ccccc2)CCCN1Cc1ccccc1. The van der Waals surface area contributed by atoms with E-state index < -0.39 is 0 Å². The first-order valence-electron chi connectivity index (χ1n) is 9.65. The quantitative estimate of drug-likeness (QED) is 0.710. The topological polar surface area (TPSA) is 26.7 Å². The van der Waals surface area contributed by atoms with Gasteiger partial charge in [-0.1, -0.05) is 78.9 Å². The summed E-state index contributed by atoms with van der Waals surface area (Å²) in [6.07, 6.45) is 1.20. The van der Waals surface area contributed by atoms with Crippen LogP contribution in [0.3, 0.4) is 0 Å². The molecule has 1 heterocycles. The Bertz CT molecular complexity index is 801. The summed E-state index contributed by atoms with van der Waals surface area (Å²) in [7, 11) is 0. The lowest BCUT2D eigenvalue weighted by Crippen LogP contribution is -2.46. The highest BCUT2D eigenvalue weighted by Gasteiger charge is 2.32. The number of aromatic hydroxyl groups is 1. The maximum atomic E-state index is 10.6. The monoisotopic (exact) mass is 358 g/mol. The molecule has 3 aromatic rings. The molecule has 3 heteroatoms. The molecular formula is C24H26N2O. The van der Waals surface area contributed by atoms with E-state index in [1.807, 2.05) is 12.1 Å². The zero-order chi connectivity index (χ0) is 18.5. The Kier molecular flexibility index (Phi) is 5.52. The van der Waals surface area contributed by atoms with Gasteiger partial charge in [0.2, 0.25) is 0 Å². The van der Waals surface area contributed by atoms with Gasteiger partial charge in [-0.2, -0.15) is 0 Å². The van der Waals surface area contributed by atoms with Crippen molar-refractivity contribution in [2.45, 2.75) is 25.7 Å². The second-order valence-electron chi connectivity index (χ2n) is 7.20. The lowest BCUT2D eigenvalue weighted by atomic mass is 10.0. The molecule has 1 fully saturated rings. The standard InChI is InChI=1S/C24H26N2O/c27-23-15-8-7-14-22(23)24-25(18-20-10-3-1-4-11-20)16-9-17-26(24)19-21-12-5-2-6-13-21/h1-8,10-15,24,27H,9,16-19H2. The highest BCUT2D eigenvalue weighted by molar-refractivity contribution is 5.35. The first-order chi connectivity index (χ1) is 13.3. The Morgan fingerprint density at radius 2 is 1.15 bits per heavy atom. The molecule has 27 heavy (non-hydrogen) atoms. The van der Waals surface area contributed by atoms with Crippen molar-refractivity contribution < 1.29 is 5.11 Å². The molecule has 1 aliphatic heterocycles. The van der Waals surface area contributed by atoms with Gasteiger partial charge < -0.3 is 5.11 Å². The van der Waals surface area contributed by atoms with E-state index in [1.165, 1.54) is 11.1 Å². The van der Waals surface area contributed by atoms with Crippen LogP contribution in [0.5, 0.6) is 5.75 Å². The van der Waals surface area contributed by atoms with Crippen LogP contribution in [0.1, 0.15) is 29.3 Å². The smallest absolute Gasteiger partial charge is 0.121 e. The van der Waals surface area contributed by atoms with Gasteiger partial charge in [0.25, 0.3) is 0 Å². The van der Waals surface area contributed by atoms with E-state index in [0.717, 1.165) is 38.2 Å². The van der Waals surface area contributed by atoms with E-state index in [1.54, 1.807) is 6.07 Å². The number of para-hydroxylation sites is 1. The fourth-order valence-corrected chi connectivity index (χ4v) is 4.02. The third kappa shape index (κ3) is 4.21. The lowest BCUT2D eigenvalue weighted by molar-refractivity contribution is -0.0103. The fraction of sp³-hybridized carbons (Fsp3) is 0.250. The van der Waals surface area contributed by atoms with Crippen LogP contribution in [0.15, 0.2) is 84.9 Å². The summed E-state index contributed by atoms with van der Waals surface area (Å²) in [6, 6.07) is 29.0. The van der Waals surface area contributed by atoms with Crippen molar-refractivity contribution in [1.29, 1.82) is 0 Å². The summed E-state index contributed by atoms with van der Waals surface area (Å²) in [4.78, 5) is 4.97. The van der Waals surface area contributed by atoms with Crippen molar-refractivity contribution >= 4 is 0 Å². The van der Waals surface area contributed by atoms with Gasteiger partial charge in [0.05, 0.1) is 6.17 Å². The third-order valence-corrected chi connectivity index (χ3v) is 5.25. The van der Waals surface area contributed by atoms with Crippen LogP contribution >= 0.6 is 0 Å². The van der Waals surface area contributed by atoms with E-state index in [0.29, 0.717) is 5.75 Å². The van der Waals surface area contributed by atoms with Gasteiger partial charge in [0.1, 0.15) is 5.75 Å². The van der Waals surface area contributed by atoms with E-state index in [2.05, 4.69) is 76.5 Å². The number of rotatable bonds is 5. The van der Waals surface area contributed by atoms with Gasteiger partial charge in [0.15, 0.2) is 0 Å². The number of hydrogen-bond acceptors (Lipinski definition) is 3. The van der Waals surface area contributed by atoms with Crippen LogP contribution in [0.4, 0.5) is 0 Å². The summed E-state index contributed by atoms with van der Waals surface area (Å²) in [6.45, 7) is 3.81. The zero-order valence-corrected chi connectivity index (χ0v) is 15.5. The van der Waals surface area contributed by atoms with Crippen molar-refractivity contribution in [3.8, 4) is 5.75 Å². The van der Waals surface area contributed by atoms with Gasteiger partial charge >= 0.3 is 0 Å². The summed E-state index contributed by atoms with van der Waals surface area (Å²) < 4.78 is 0. The molecule has 4 rings (SSSR count). The number of hydrogen-bond donors (Lipinski definition) is 1. The minimum atomic E-state index is 0.0698. The van der Waals surface area contributed by atoms with Crippen LogP contribution in [0.25, 0.3) is 0 Å². The van der Waals surface area contributed by atoms with Gasteiger partial charge in [-0.05, 0) is 23.6 Å².